The van der Waals surface area contributed by atoms with Gasteiger partial charge in [-0.15, -0.1) is 0 Å². The monoisotopic (exact) mass is 329 g/mol. The molecule has 2 aromatic heterocycles. The standard InChI is InChI=1S/C14H15N5O.2C2H6/c1-2-4-12(20)18-7-3-5-10(18)14-17-9-11-13(15)16-6-8-19(11)14;2*1-2/h6,8-10H,3,5,7H2,1H3,(H2,15,16);2*1-2H3/t10-;;/m0../s1. The van der Waals surface area contributed by atoms with Gasteiger partial charge < -0.3 is 10.6 Å². The number of anilines is 1. The number of likely N-dealkylation sites (tertiary alicyclic amines) is 1. The molecular weight excluding hydrogens is 302 g/mol. The molecule has 24 heavy (non-hydrogen) atoms. The smallest absolute Gasteiger partial charge is 0.299 e. The van der Waals surface area contributed by atoms with E-state index in [1.807, 2.05) is 38.3 Å². The molecule has 1 aliphatic heterocycles. The summed E-state index contributed by atoms with van der Waals surface area (Å²) in [7, 11) is 0. The van der Waals surface area contributed by atoms with Crippen LogP contribution in [0.2, 0.25) is 0 Å². The van der Waals surface area contributed by atoms with Crippen molar-refractivity contribution in [1.29, 1.82) is 0 Å². The van der Waals surface area contributed by atoms with Gasteiger partial charge in [0.1, 0.15) is 17.2 Å². The molecular formula is C18H27N5O. The number of fused-ring (bicyclic) bond motifs is 1. The minimum Gasteiger partial charge on any atom is -0.382 e. The Kier molecular flexibility index (Phi) is 7.76. The molecule has 3 heterocycles. The quantitative estimate of drug-likeness (QED) is 0.816. The predicted molar refractivity (Wildman–Crippen MR) is 97.2 cm³/mol. The van der Waals surface area contributed by atoms with Crippen LogP contribution >= 0.6 is 0 Å². The fourth-order valence-corrected chi connectivity index (χ4v) is 2.67. The van der Waals surface area contributed by atoms with Gasteiger partial charge in [-0.3, -0.25) is 9.20 Å². The van der Waals surface area contributed by atoms with E-state index >= 15 is 0 Å². The maximum Gasteiger partial charge on any atom is 0.299 e. The second-order valence-corrected chi connectivity index (χ2v) is 4.72. The molecule has 2 aromatic rings. The minimum atomic E-state index is -0.145. The van der Waals surface area contributed by atoms with Gasteiger partial charge in [-0.1, -0.05) is 33.6 Å². The zero-order valence-electron chi connectivity index (χ0n) is 15.2. The second-order valence-electron chi connectivity index (χ2n) is 4.72. The van der Waals surface area contributed by atoms with E-state index < -0.39 is 0 Å². The van der Waals surface area contributed by atoms with Gasteiger partial charge in [0.2, 0.25) is 0 Å². The highest BCUT2D eigenvalue weighted by molar-refractivity contribution is 5.93. The highest BCUT2D eigenvalue weighted by atomic mass is 16.2. The molecule has 0 bridgehead atoms. The van der Waals surface area contributed by atoms with Crippen molar-refractivity contribution in [2.45, 2.75) is 53.5 Å². The fourth-order valence-electron chi connectivity index (χ4n) is 2.67. The maximum atomic E-state index is 12.0. The van der Waals surface area contributed by atoms with E-state index in [4.69, 9.17) is 5.73 Å². The third-order valence-electron chi connectivity index (χ3n) is 3.56. The van der Waals surface area contributed by atoms with Gasteiger partial charge in [-0.05, 0) is 25.7 Å². The van der Waals surface area contributed by atoms with E-state index in [9.17, 15) is 4.79 Å². The summed E-state index contributed by atoms with van der Waals surface area (Å²) in [4.78, 5) is 22.3. The van der Waals surface area contributed by atoms with E-state index in [1.165, 1.54) is 0 Å². The topological polar surface area (TPSA) is 76.5 Å². The van der Waals surface area contributed by atoms with Crippen molar-refractivity contribution in [2.75, 3.05) is 12.3 Å². The number of carbonyl (C=O) groups excluding carboxylic acids is 1. The SMILES string of the molecule is CC.CC.CC#CC(=O)N1CCC[C@H]1c1ncc2c(N)nccn12. The van der Waals surface area contributed by atoms with Crippen LogP contribution in [0.4, 0.5) is 5.82 Å². The Morgan fingerprint density at radius 3 is 2.67 bits per heavy atom. The number of carbonyl (C=O) groups is 1. The molecule has 6 nitrogen and oxygen atoms in total. The number of hydrogen-bond donors (Lipinski definition) is 1. The number of nitrogen functional groups attached to an aromatic ring is 1. The van der Waals surface area contributed by atoms with Gasteiger partial charge in [-0.25, -0.2) is 9.97 Å². The molecule has 3 rings (SSSR count). The van der Waals surface area contributed by atoms with E-state index in [1.54, 1.807) is 24.2 Å². The normalized spacial score (nSPS) is 15.5. The first-order valence-corrected chi connectivity index (χ1v) is 8.53. The van der Waals surface area contributed by atoms with Gasteiger partial charge in [0.15, 0.2) is 0 Å². The molecule has 2 N–H and O–H groups in total. The molecule has 0 spiro atoms. The number of hydrogen-bond acceptors (Lipinski definition) is 4. The summed E-state index contributed by atoms with van der Waals surface area (Å²) < 4.78 is 1.90. The average molecular weight is 329 g/mol. The van der Waals surface area contributed by atoms with E-state index in [-0.39, 0.29) is 11.9 Å². The molecule has 0 saturated carbocycles. The zero-order valence-corrected chi connectivity index (χ0v) is 15.2. The number of rotatable bonds is 1. The first-order valence-electron chi connectivity index (χ1n) is 8.53. The Labute approximate surface area is 144 Å². The van der Waals surface area contributed by atoms with Crippen LogP contribution in [0.1, 0.15) is 59.3 Å². The molecule has 1 fully saturated rings. The molecule has 0 unspecified atom stereocenters. The summed E-state index contributed by atoms with van der Waals surface area (Å²) in [6, 6.07) is -0.0485. The van der Waals surface area contributed by atoms with E-state index in [0.717, 1.165) is 24.2 Å². The Hall–Kier alpha value is -2.55. The zero-order chi connectivity index (χ0) is 18.1. The Balaban J connectivity index is 0.000000671. The van der Waals surface area contributed by atoms with Crippen molar-refractivity contribution < 1.29 is 4.79 Å². The largest absolute Gasteiger partial charge is 0.382 e. The summed E-state index contributed by atoms with van der Waals surface area (Å²) in [5, 5.41) is 0. The Morgan fingerprint density at radius 2 is 2.00 bits per heavy atom. The van der Waals surface area contributed by atoms with Crippen molar-refractivity contribution in [3.05, 3.63) is 24.4 Å². The molecule has 130 valence electrons. The van der Waals surface area contributed by atoms with Crippen LogP contribution in [-0.4, -0.2) is 31.7 Å². The molecule has 0 aromatic carbocycles. The third-order valence-corrected chi connectivity index (χ3v) is 3.56. The number of nitrogens with two attached hydrogens (primary N) is 1. The maximum absolute atomic E-state index is 12.0. The van der Waals surface area contributed by atoms with E-state index in [0.29, 0.717) is 12.4 Å². The number of nitrogens with zero attached hydrogens (tertiary/aromatic N) is 4. The lowest BCUT2D eigenvalue weighted by atomic mass is 10.2. The molecule has 1 saturated heterocycles. The van der Waals surface area contributed by atoms with E-state index in [2.05, 4.69) is 21.8 Å². The predicted octanol–water partition coefficient (Wildman–Crippen LogP) is 3.05. The van der Waals surface area contributed by atoms with Crippen LogP contribution in [0.3, 0.4) is 0 Å². The van der Waals surface area contributed by atoms with Crippen molar-refractivity contribution in [3.63, 3.8) is 0 Å². The van der Waals surface area contributed by atoms with Gasteiger partial charge in [0.25, 0.3) is 5.91 Å². The van der Waals surface area contributed by atoms with Crippen LogP contribution in [0.15, 0.2) is 18.6 Å². The molecule has 1 amide bonds. The molecule has 1 aliphatic rings. The Morgan fingerprint density at radius 1 is 1.29 bits per heavy atom. The van der Waals surface area contributed by atoms with Crippen molar-refractivity contribution >= 4 is 17.2 Å². The molecule has 0 aliphatic carbocycles. The van der Waals surface area contributed by atoms with Crippen molar-refractivity contribution in [3.8, 4) is 11.8 Å². The third kappa shape index (κ3) is 3.85. The molecule has 0 radical (unpaired) electrons. The highest BCUT2D eigenvalue weighted by Gasteiger charge is 2.32. The number of amides is 1. The summed E-state index contributed by atoms with van der Waals surface area (Å²) in [5.41, 5.74) is 6.60. The van der Waals surface area contributed by atoms with Crippen LogP contribution in [0.25, 0.3) is 5.52 Å². The summed E-state index contributed by atoms with van der Waals surface area (Å²) in [5.74, 6) is 6.37. The number of imidazole rings is 1. The van der Waals surface area contributed by atoms with Crippen molar-refractivity contribution in [1.82, 2.24) is 19.3 Å². The second kappa shape index (κ2) is 9.56. The summed E-state index contributed by atoms with van der Waals surface area (Å²) >= 11 is 0. The van der Waals surface area contributed by atoms with Gasteiger partial charge >= 0.3 is 0 Å². The van der Waals surface area contributed by atoms with Gasteiger partial charge in [-0.2, -0.15) is 0 Å². The Bertz CT molecular complexity index is 726. The average Bonchev–Trinajstić information content (AvgIpc) is 3.26. The lowest BCUT2D eigenvalue weighted by Gasteiger charge is -2.21. The molecule has 1 atom stereocenters. The van der Waals surface area contributed by atoms with Crippen LogP contribution in [0.5, 0.6) is 0 Å². The van der Waals surface area contributed by atoms with Crippen LogP contribution in [-0.2, 0) is 4.79 Å². The summed E-state index contributed by atoms with van der Waals surface area (Å²) in [6.45, 7) is 10.4. The fraction of sp³-hybridized carbons (Fsp3) is 0.500. The number of aromatic nitrogens is 3. The lowest BCUT2D eigenvalue weighted by Crippen LogP contribution is -2.30. The lowest BCUT2D eigenvalue weighted by molar-refractivity contribution is -0.126. The van der Waals surface area contributed by atoms with Crippen molar-refractivity contribution in [2.24, 2.45) is 0 Å². The minimum absolute atomic E-state index is 0.0485. The first kappa shape index (κ1) is 19.5. The molecule has 6 heteroatoms. The van der Waals surface area contributed by atoms with Crippen LogP contribution < -0.4 is 5.73 Å². The van der Waals surface area contributed by atoms with Gasteiger partial charge in [0.05, 0.1) is 12.2 Å². The van der Waals surface area contributed by atoms with Gasteiger partial charge in [0, 0.05) is 18.9 Å². The highest BCUT2D eigenvalue weighted by Crippen LogP contribution is 2.31. The van der Waals surface area contributed by atoms with Crippen LogP contribution in [0, 0.1) is 11.8 Å². The first-order chi connectivity index (χ1) is 11.7. The summed E-state index contributed by atoms with van der Waals surface area (Å²) in [6.07, 6.45) is 7.00.